The number of imidazole rings is 1. The Morgan fingerprint density at radius 1 is 1.34 bits per heavy atom. The van der Waals surface area contributed by atoms with E-state index in [4.69, 9.17) is 40.0 Å². The van der Waals surface area contributed by atoms with Crippen LogP contribution in [0.4, 0.5) is 4.39 Å². The van der Waals surface area contributed by atoms with Crippen LogP contribution in [0.2, 0.25) is 0 Å². The van der Waals surface area contributed by atoms with Crippen molar-refractivity contribution in [3.05, 3.63) is 18.3 Å². The molecule has 0 aliphatic carbocycles. The van der Waals surface area contributed by atoms with Crippen molar-refractivity contribution in [1.82, 2.24) is 29.7 Å². The number of amides is 1. The lowest BCUT2D eigenvalue weighted by molar-refractivity contribution is -0.119. The van der Waals surface area contributed by atoms with Crippen molar-refractivity contribution in [2.24, 2.45) is 9.98 Å². The summed E-state index contributed by atoms with van der Waals surface area (Å²) in [6.07, 6.45) is -3.25. The van der Waals surface area contributed by atoms with Crippen LogP contribution in [-0.4, -0.2) is 96.7 Å². The minimum Gasteiger partial charge on any atom is -0.346 e. The summed E-state index contributed by atoms with van der Waals surface area (Å²) in [4.78, 5) is 45.1. The zero-order valence-electron chi connectivity index (χ0n) is 20.9. The number of fused-ring (bicyclic) bond motifs is 6. The quantitative estimate of drug-likeness (QED) is 0.248. The van der Waals surface area contributed by atoms with Crippen LogP contribution >= 0.6 is 25.8 Å². The predicted molar refractivity (Wildman–Crippen MR) is 146 cm³/mol. The predicted octanol–water partition coefficient (Wildman–Crippen LogP) is 0.657. The van der Waals surface area contributed by atoms with Crippen molar-refractivity contribution < 1.29 is 41.5 Å². The molecule has 22 heteroatoms. The summed E-state index contributed by atoms with van der Waals surface area (Å²) in [6.45, 7) is -7.52. The lowest BCUT2D eigenvalue weighted by Crippen LogP contribution is -2.53. The van der Waals surface area contributed by atoms with Gasteiger partial charge in [-0.2, -0.15) is 4.99 Å². The molecule has 3 unspecified atom stereocenters. The first kappa shape index (κ1) is 28.9. The topological polar surface area (TPSA) is 208 Å². The number of rotatable bonds is 1. The first-order valence-corrected chi connectivity index (χ1v) is 17.3. The standard InChI is InChI=1S/C19H22FN9O8P2S2/c1-8-3-28-11(25-9-2-22-6-23-15(9)28)5-34-39(32,41)37-14-12(20)10(4-33-38(31,40)36-8)35-18(14)29-7-24-13-16(29)26-19(21)27-17(13)30/h2,6-8,10,12-14,18H,3-5H2,1H3,(H,31,40)(H,32,41)(H2,21,27,30)/t8-,10+,12+,13?,14+,18-,38?,39?/m0/s1. The first-order valence-electron chi connectivity index (χ1n) is 12.0. The van der Waals surface area contributed by atoms with Gasteiger partial charge in [0.05, 0.1) is 31.8 Å². The number of thiol groups is 1. The Morgan fingerprint density at radius 2 is 2.15 bits per heavy atom. The van der Waals surface area contributed by atoms with Gasteiger partial charge in [-0.15, -0.1) is 0 Å². The number of alkyl halides is 1. The minimum absolute atomic E-state index is 0.0282. The summed E-state index contributed by atoms with van der Waals surface area (Å²) in [5.74, 6) is -0.855. The summed E-state index contributed by atoms with van der Waals surface area (Å²) in [5, 5.41) is 10.0. The normalized spacial score (nSPS) is 38.1. The molecule has 0 radical (unpaired) electrons. The van der Waals surface area contributed by atoms with E-state index in [1.807, 2.05) is 0 Å². The molecule has 4 aliphatic rings. The molecule has 1 saturated heterocycles. The van der Waals surface area contributed by atoms with Crippen molar-refractivity contribution in [1.29, 1.82) is 5.41 Å². The summed E-state index contributed by atoms with van der Waals surface area (Å²) in [7, 11) is 0. The van der Waals surface area contributed by atoms with Gasteiger partial charge in [-0.1, -0.05) is 12.2 Å². The molecule has 2 aromatic rings. The van der Waals surface area contributed by atoms with Crippen molar-refractivity contribution >= 4 is 72.8 Å². The molecule has 220 valence electrons. The molecule has 2 bridgehead atoms. The van der Waals surface area contributed by atoms with Gasteiger partial charge in [0.15, 0.2) is 29.9 Å². The summed E-state index contributed by atoms with van der Waals surface area (Å²) >= 11 is 9.25. The Bertz CT molecular complexity index is 1580. The molecule has 3 N–H and O–H groups in total. The van der Waals surface area contributed by atoms with Gasteiger partial charge in [0.2, 0.25) is 5.96 Å². The van der Waals surface area contributed by atoms with Crippen LogP contribution in [0.1, 0.15) is 12.7 Å². The van der Waals surface area contributed by atoms with E-state index in [0.29, 0.717) is 11.2 Å². The Kier molecular flexibility index (Phi) is 7.59. The van der Waals surface area contributed by atoms with E-state index in [2.05, 4.69) is 42.5 Å². The Morgan fingerprint density at radius 3 is 2.95 bits per heavy atom. The number of halogens is 1. The van der Waals surface area contributed by atoms with Crippen LogP contribution in [0.25, 0.3) is 11.2 Å². The molecule has 41 heavy (non-hydrogen) atoms. The number of amidine groups is 1. The van der Waals surface area contributed by atoms with Gasteiger partial charge in [-0.05, 0) is 18.7 Å². The van der Waals surface area contributed by atoms with Crippen molar-refractivity contribution in [2.75, 3.05) is 6.61 Å². The molecule has 6 rings (SSSR count). The fourth-order valence-corrected chi connectivity index (χ4v) is 7.59. The van der Waals surface area contributed by atoms with Crippen molar-refractivity contribution in [3.63, 3.8) is 0 Å². The third-order valence-electron chi connectivity index (χ3n) is 6.36. The van der Waals surface area contributed by atoms with Crippen molar-refractivity contribution in [2.45, 2.75) is 56.8 Å². The number of nitrogens with one attached hydrogen (secondary N) is 2. The van der Waals surface area contributed by atoms with E-state index in [-0.39, 0.29) is 24.8 Å². The number of carbonyl (C=O) groups excluding carboxylic acids is 1. The molecule has 2 aromatic heterocycles. The molecule has 1 amide bonds. The van der Waals surface area contributed by atoms with Gasteiger partial charge in [0.25, 0.3) is 5.91 Å². The average molecular weight is 650 g/mol. The van der Waals surface area contributed by atoms with Crippen LogP contribution in [0, 0.1) is 5.41 Å². The fraction of sp³-hybridized carbons (Fsp3) is 0.526. The van der Waals surface area contributed by atoms with Gasteiger partial charge in [0, 0.05) is 0 Å². The smallest absolute Gasteiger partial charge is 0.346 e. The third-order valence-corrected chi connectivity index (χ3v) is 9.63. The average Bonchev–Trinajstić information content (AvgIpc) is 3.55. The second kappa shape index (κ2) is 10.8. The number of aliphatic imine (C=N–C) groups is 2. The van der Waals surface area contributed by atoms with Gasteiger partial charge in [-0.25, -0.2) is 23.9 Å². The highest BCUT2D eigenvalue weighted by Crippen LogP contribution is 2.55. The third kappa shape index (κ3) is 5.73. The number of guanidine groups is 1. The van der Waals surface area contributed by atoms with Crippen LogP contribution in [-0.2, 0) is 57.1 Å². The molecule has 4 aliphatic heterocycles. The molecule has 1 fully saturated rings. The molecule has 6 heterocycles. The van der Waals surface area contributed by atoms with Crippen LogP contribution in [0.3, 0.4) is 0 Å². The summed E-state index contributed by atoms with van der Waals surface area (Å²) in [6, 6.07) is -1.11. The van der Waals surface area contributed by atoms with Crippen molar-refractivity contribution in [3.8, 4) is 0 Å². The molecule has 0 saturated carbocycles. The summed E-state index contributed by atoms with van der Waals surface area (Å²) < 4.78 is 58.5. The van der Waals surface area contributed by atoms with Crippen LogP contribution < -0.4 is 5.32 Å². The zero-order chi connectivity index (χ0) is 29.1. The largest absolute Gasteiger partial charge is 0.386 e. The molecular weight excluding hydrogens is 627 g/mol. The minimum atomic E-state index is -4.19. The highest BCUT2D eigenvalue weighted by molar-refractivity contribution is 8.44. The Labute approximate surface area is 240 Å². The SMILES string of the molecule is C[C@H]1Cn2c(nc3cncnc32)COP(O)(=S)O[C@@H]2[C@H](F)[C@@H](COP(=O)(S)O1)O[C@@H]2N1C=NC2C(=O)NC(=N)N=C21. The number of ether oxygens (including phenoxy) is 1. The van der Waals surface area contributed by atoms with E-state index < -0.39 is 68.7 Å². The molecule has 0 spiro atoms. The maximum atomic E-state index is 15.9. The van der Waals surface area contributed by atoms with E-state index in [0.717, 1.165) is 0 Å². The first-order chi connectivity index (χ1) is 19.4. The second-order valence-electron chi connectivity index (χ2n) is 9.25. The highest BCUT2D eigenvalue weighted by Gasteiger charge is 2.54. The summed E-state index contributed by atoms with van der Waals surface area (Å²) in [5.41, 5.74) is 0.807. The fourth-order valence-electron chi connectivity index (χ4n) is 4.66. The maximum Gasteiger partial charge on any atom is 0.386 e. The monoisotopic (exact) mass is 649 g/mol. The van der Waals surface area contributed by atoms with Crippen LogP contribution in [0.5, 0.6) is 0 Å². The number of hydrogen-bond acceptors (Lipinski definition) is 14. The lowest BCUT2D eigenvalue weighted by Gasteiger charge is -2.31. The van der Waals surface area contributed by atoms with Gasteiger partial charge < -0.3 is 18.7 Å². The zero-order valence-corrected chi connectivity index (χ0v) is 24.4. The Hall–Kier alpha value is -2.25. The van der Waals surface area contributed by atoms with Gasteiger partial charge in [-0.3, -0.25) is 39.0 Å². The Balaban J connectivity index is 1.35. The van der Waals surface area contributed by atoms with E-state index in [1.165, 1.54) is 23.8 Å². The van der Waals surface area contributed by atoms with E-state index in [1.54, 1.807) is 11.5 Å². The molecule has 8 atom stereocenters. The van der Waals surface area contributed by atoms with Crippen LogP contribution in [0.15, 0.2) is 22.5 Å². The van der Waals surface area contributed by atoms with E-state index in [9.17, 15) is 14.3 Å². The number of nitrogens with zero attached hydrogens (tertiary/aromatic N) is 7. The number of hydrogen-bond donors (Lipinski definition) is 4. The molecule has 17 nitrogen and oxygen atoms in total. The maximum absolute atomic E-state index is 15.9. The molecule has 0 aromatic carbocycles. The van der Waals surface area contributed by atoms with Gasteiger partial charge in [0.1, 0.15) is 36.5 Å². The number of carbonyl (C=O) groups is 1. The van der Waals surface area contributed by atoms with E-state index >= 15 is 4.39 Å². The van der Waals surface area contributed by atoms with Gasteiger partial charge >= 0.3 is 13.5 Å². The molecular formula is C19H22FN9O8P2S2. The second-order valence-corrected chi connectivity index (χ2v) is 14.9. The highest BCUT2D eigenvalue weighted by atomic mass is 32.7. The lowest BCUT2D eigenvalue weighted by atomic mass is 10.1. The number of aromatic nitrogens is 4.